The molecule has 6 aromatic carbocycles. The molecular weight excluding hydrogens is 768 g/mol. The van der Waals surface area contributed by atoms with Crippen molar-refractivity contribution in [2.45, 2.75) is 58.8 Å². The smallest absolute Gasteiger partial charge is 0.219 e. The Bertz CT molecular complexity index is 2260. The number of piperazine rings is 2. The van der Waals surface area contributed by atoms with Crippen molar-refractivity contribution in [3.05, 3.63) is 189 Å². The SMILES string of the molecule is CC(=O)N1CCN(Cc2ccc(-c3cc(C)ccc3Cl)cc2)C[C@@H]1Cc1ccccc1.Cc1ccc(Cl)c(-c2ccc(CN3CCN[C@@H](Cc4ccccc4)C3)cc2)c1. The Morgan fingerprint density at radius 2 is 1.07 bits per heavy atom. The van der Waals surface area contributed by atoms with Crippen LogP contribution in [0.1, 0.15) is 40.3 Å². The molecule has 304 valence electrons. The summed E-state index contributed by atoms with van der Waals surface area (Å²) in [4.78, 5) is 19.2. The standard InChI is InChI=1S/C27H29ClN2O.C25H27ClN2/c1-20-8-13-27(28)26(16-20)24-11-9-23(10-12-24)18-29-14-15-30(21(2)31)25(19-29)17-22-6-4-3-5-7-22;1-19-7-12-25(26)24(15-19)22-10-8-21(9-11-22)17-28-14-13-27-23(18-28)16-20-5-3-2-4-6-20/h3-13,16,25H,14-15,17-19H2,1-2H3;2-12,15,23,27H,13-14,16-18H2,1H3/t25-;23-/m00/s1. The van der Waals surface area contributed by atoms with E-state index in [0.717, 1.165) is 91.9 Å². The van der Waals surface area contributed by atoms with Gasteiger partial charge in [0, 0.05) is 92.5 Å². The summed E-state index contributed by atoms with van der Waals surface area (Å²) >= 11 is 12.8. The fourth-order valence-corrected chi connectivity index (χ4v) is 8.88. The largest absolute Gasteiger partial charge is 0.337 e. The van der Waals surface area contributed by atoms with E-state index in [4.69, 9.17) is 23.2 Å². The van der Waals surface area contributed by atoms with Gasteiger partial charge in [0.25, 0.3) is 0 Å². The second-order valence-electron chi connectivity index (χ2n) is 16.2. The summed E-state index contributed by atoms with van der Waals surface area (Å²) in [7, 11) is 0. The molecule has 0 aromatic heterocycles. The molecular formula is C52H56Cl2N4O. The van der Waals surface area contributed by atoms with Crippen molar-refractivity contribution < 1.29 is 4.79 Å². The molecule has 8 rings (SSSR count). The zero-order valence-corrected chi connectivity index (χ0v) is 36.1. The Hall–Kier alpha value is -4.75. The Kier molecular flexibility index (Phi) is 14.7. The van der Waals surface area contributed by atoms with Crippen molar-refractivity contribution in [2.75, 3.05) is 39.3 Å². The van der Waals surface area contributed by atoms with Gasteiger partial charge in [-0.05, 0) is 84.3 Å². The van der Waals surface area contributed by atoms with Crippen LogP contribution in [-0.4, -0.2) is 72.0 Å². The third-order valence-electron chi connectivity index (χ3n) is 11.5. The predicted molar refractivity (Wildman–Crippen MR) is 247 cm³/mol. The van der Waals surface area contributed by atoms with E-state index in [1.807, 2.05) is 29.2 Å². The van der Waals surface area contributed by atoms with E-state index in [9.17, 15) is 4.79 Å². The summed E-state index contributed by atoms with van der Waals surface area (Å²) in [6, 6.07) is 51.8. The molecule has 7 heteroatoms. The van der Waals surface area contributed by atoms with Gasteiger partial charge in [-0.2, -0.15) is 0 Å². The monoisotopic (exact) mass is 822 g/mol. The molecule has 0 spiro atoms. The molecule has 1 N–H and O–H groups in total. The average molecular weight is 824 g/mol. The summed E-state index contributed by atoms with van der Waals surface area (Å²) < 4.78 is 0. The number of amides is 1. The highest BCUT2D eigenvalue weighted by Crippen LogP contribution is 2.31. The summed E-state index contributed by atoms with van der Waals surface area (Å²) in [5.74, 6) is 0.167. The summed E-state index contributed by atoms with van der Waals surface area (Å²) in [6.07, 6.45) is 1.98. The van der Waals surface area contributed by atoms with E-state index in [0.29, 0.717) is 6.04 Å². The Balaban J connectivity index is 0.000000180. The van der Waals surface area contributed by atoms with E-state index in [-0.39, 0.29) is 11.9 Å². The molecule has 0 aliphatic carbocycles. The van der Waals surface area contributed by atoms with Gasteiger partial charge < -0.3 is 10.2 Å². The fraction of sp³-hybridized carbons (Fsp3) is 0.288. The van der Waals surface area contributed by atoms with E-state index >= 15 is 0 Å². The van der Waals surface area contributed by atoms with E-state index in [1.165, 1.54) is 38.9 Å². The molecule has 0 unspecified atom stereocenters. The summed E-state index contributed by atoms with van der Waals surface area (Å²) in [6.45, 7) is 13.5. The Morgan fingerprint density at radius 1 is 0.576 bits per heavy atom. The minimum atomic E-state index is 0.167. The highest BCUT2D eigenvalue weighted by Gasteiger charge is 2.29. The van der Waals surface area contributed by atoms with Crippen LogP contribution in [0.4, 0.5) is 0 Å². The van der Waals surface area contributed by atoms with Gasteiger partial charge in [0.2, 0.25) is 5.91 Å². The number of benzene rings is 6. The first kappa shape index (κ1) is 42.4. The second-order valence-corrected chi connectivity index (χ2v) is 17.0. The lowest BCUT2D eigenvalue weighted by Gasteiger charge is -2.41. The van der Waals surface area contributed by atoms with Crippen LogP contribution in [0.2, 0.25) is 10.0 Å². The molecule has 59 heavy (non-hydrogen) atoms. The number of aryl methyl sites for hydroxylation is 2. The summed E-state index contributed by atoms with van der Waals surface area (Å²) in [5.41, 5.74) is 12.3. The average Bonchev–Trinajstić information content (AvgIpc) is 3.24. The molecule has 2 atom stereocenters. The van der Waals surface area contributed by atoms with Crippen molar-refractivity contribution in [1.29, 1.82) is 0 Å². The first-order valence-electron chi connectivity index (χ1n) is 20.9. The number of rotatable bonds is 10. The molecule has 0 radical (unpaired) electrons. The quantitative estimate of drug-likeness (QED) is 0.149. The van der Waals surface area contributed by atoms with Gasteiger partial charge in [-0.15, -0.1) is 0 Å². The molecule has 2 saturated heterocycles. The maximum absolute atomic E-state index is 12.2. The third kappa shape index (κ3) is 11.9. The van der Waals surface area contributed by atoms with Crippen molar-refractivity contribution in [3.63, 3.8) is 0 Å². The normalized spacial score (nSPS) is 17.3. The van der Waals surface area contributed by atoms with Crippen molar-refractivity contribution in [1.82, 2.24) is 20.0 Å². The highest BCUT2D eigenvalue weighted by molar-refractivity contribution is 6.33. The van der Waals surface area contributed by atoms with Gasteiger partial charge in [-0.25, -0.2) is 0 Å². The minimum Gasteiger partial charge on any atom is -0.337 e. The minimum absolute atomic E-state index is 0.167. The predicted octanol–water partition coefficient (Wildman–Crippen LogP) is 10.9. The maximum atomic E-state index is 12.2. The first-order valence-corrected chi connectivity index (χ1v) is 21.7. The number of hydrogen-bond donors (Lipinski definition) is 1. The van der Waals surface area contributed by atoms with Crippen LogP contribution in [0.3, 0.4) is 0 Å². The van der Waals surface area contributed by atoms with Crippen molar-refractivity contribution >= 4 is 29.1 Å². The zero-order valence-electron chi connectivity index (χ0n) is 34.6. The molecule has 1 amide bonds. The van der Waals surface area contributed by atoms with Crippen LogP contribution in [0.15, 0.2) is 146 Å². The number of nitrogens with one attached hydrogen (secondary N) is 1. The van der Waals surface area contributed by atoms with Crippen molar-refractivity contribution in [3.8, 4) is 22.3 Å². The molecule has 2 heterocycles. The zero-order chi connectivity index (χ0) is 41.1. The Morgan fingerprint density at radius 3 is 1.58 bits per heavy atom. The Labute approximate surface area is 361 Å². The molecule has 0 saturated carbocycles. The van der Waals surface area contributed by atoms with Crippen LogP contribution in [0, 0.1) is 13.8 Å². The second kappa shape index (κ2) is 20.5. The number of halogens is 2. The molecule has 5 nitrogen and oxygen atoms in total. The van der Waals surface area contributed by atoms with Crippen LogP contribution in [0.5, 0.6) is 0 Å². The van der Waals surface area contributed by atoms with Crippen LogP contribution in [0.25, 0.3) is 22.3 Å². The molecule has 0 bridgehead atoms. The lowest BCUT2D eigenvalue weighted by atomic mass is 10.0. The van der Waals surface area contributed by atoms with Gasteiger partial charge in [0.05, 0.1) is 0 Å². The lowest BCUT2D eigenvalue weighted by molar-refractivity contribution is -0.133. The first-order chi connectivity index (χ1) is 28.7. The van der Waals surface area contributed by atoms with Gasteiger partial charge in [-0.1, -0.05) is 156 Å². The van der Waals surface area contributed by atoms with Crippen LogP contribution >= 0.6 is 23.2 Å². The lowest BCUT2D eigenvalue weighted by Crippen LogP contribution is -2.55. The van der Waals surface area contributed by atoms with Gasteiger partial charge in [0.1, 0.15) is 0 Å². The van der Waals surface area contributed by atoms with Gasteiger partial charge in [0.15, 0.2) is 0 Å². The molecule has 2 fully saturated rings. The van der Waals surface area contributed by atoms with E-state index in [2.05, 4.69) is 150 Å². The van der Waals surface area contributed by atoms with E-state index in [1.54, 1.807) is 6.92 Å². The van der Waals surface area contributed by atoms with Crippen molar-refractivity contribution in [2.24, 2.45) is 0 Å². The number of carbonyl (C=O) groups is 1. The van der Waals surface area contributed by atoms with Gasteiger partial charge >= 0.3 is 0 Å². The molecule has 6 aromatic rings. The summed E-state index contributed by atoms with van der Waals surface area (Å²) in [5, 5.41) is 5.26. The van der Waals surface area contributed by atoms with Crippen LogP contribution in [-0.2, 0) is 30.7 Å². The topological polar surface area (TPSA) is 38.8 Å². The fourth-order valence-electron chi connectivity index (χ4n) is 8.43. The van der Waals surface area contributed by atoms with Gasteiger partial charge in [-0.3, -0.25) is 14.6 Å². The number of carbonyl (C=O) groups excluding carboxylic acids is 1. The van der Waals surface area contributed by atoms with Crippen LogP contribution < -0.4 is 5.32 Å². The number of hydrogen-bond acceptors (Lipinski definition) is 4. The molecule has 2 aliphatic heterocycles. The number of nitrogens with zero attached hydrogens (tertiary/aromatic N) is 3. The van der Waals surface area contributed by atoms with E-state index < -0.39 is 0 Å². The third-order valence-corrected chi connectivity index (χ3v) is 12.2. The maximum Gasteiger partial charge on any atom is 0.219 e. The molecule has 2 aliphatic rings. The highest BCUT2D eigenvalue weighted by atomic mass is 35.5.